The Bertz CT molecular complexity index is 466. The molecule has 0 radical (unpaired) electrons. The quantitative estimate of drug-likeness (QED) is 0.741. The molecular formula is C11H15N3O3S. The molecule has 0 spiro atoms. The highest BCUT2D eigenvalue weighted by Gasteiger charge is 2.22. The van der Waals surface area contributed by atoms with Crippen LogP contribution < -0.4 is 10.6 Å². The summed E-state index contributed by atoms with van der Waals surface area (Å²) in [6, 6.07) is -0.120. The molecule has 1 aliphatic rings. The summed E-state index contributed by atoms with van der Waals surface area (Å²) in [7, 11) is 0. The van der Waals surface area contributed by atoms with Crippen molar-refractivity contribution in [1.82, 2.24) is 15.6 Å². The molecule has 1 aromatic heterocycles. The van der Waals surface area contributed by atoms with Crippen molar-refractivity contribution in [3.8, 4) is 0 Å². The molecular weight excluding hydrogens is 254 g/mol. The van der Waals surface area contributed by atoms with Gasteiger partial charge < -0.3 is 15.7 Å². The predicted molar refractivity (Wildman–Crippen MR) is 66.7 cm³/mol. The highest BCUT2D eigenvalue weighted by atomic mass is 32.1. The van der Waals surface area contributed by atoms with Crippen LogP contribution in [0.1, 0.15) is 33.2 Å². The SMILES string of the molecule is Cc1nc(CNC(=O)[C@H]2CCCN2)sc1C(=O)O. The third-order valence-electron chi connectivity index (χ3n) is 2.83. The average Bonchev–Trinajstić information content (AvgIpc) is 2.94. The Morgan fingerprint density at radius 2 is 2.39 bits per heavy atom. The average molecular weight is 269 g/mol. The first-order valence-corrected chi connectivity index (χ1v) is 6.60. The van der Waals surface area contributed by atoms with E-state index in [2.05, 4.69) is 15.6 Å². The summed E-state index contributed by atoms with van der Waals surface area (Å²) >= 11 is 1.11. The van der Waals surface area contributed by atoms with Gasteiger partial charge in [0.25, 0.3) is 0 Å². The van der Waals surface area contributed by atoms with Crippen LogP contribution in [0.2, 0.25) is 0 Å². The first-order valence-electron chi connectivity index (χ1n) is 5.78. The molecule has 2 rings (SSSR count). The van der Waals surface area contributed by atoms with Crippen molar-refractivity contribution in [3.05, 3.63) is 15.6 Å². The maximum atomic E-state index is 11.7. The van der Waals surface area contributed by atoms with Crippen LogP contribution in [0.5, 0.6) is 0 Å². The number of nitrogens with one attached hydrogen (secondary N) is 2. The summed E-state index contributed by atoms with van der Waals surface area (Å²) < 4.78 is 0. The molecule has 1 aliphatic heterocycles. The van der Waals surface area contributed by atoms with Crippen molar-refractivity contribution in [3.63, 3.8) is 0 Å². The fourth-order valence-electron chi connectivity index (χ4n) is 1.92. The molecule has 0 unspecified atom stereocenters. The van der Waals surface area contributed by atoms with Crippen LogP contribution in [0.4, 0.5) is 0 Å². The molecule has 0 aliphatic carbocycles. The molecule has 3 N–H and O–H groups in total. The van der Waals surface area contributed by atoms with Gasteiger partial charge in [-0.05, 0) is 26.3 Å². The number of aromatic nitrogens is 1. The minimum absolute atomic E-state index is 0.0442. The molecule has 6 nitrogen and oxygen atoms in total. The van der Waals surface area contributed by atoms with Crippen LogP contribution >= 0.6 is 11.3 Å². The van der Waals surface area contributed by atoms with Crippen molar-refractivity contribution < 1.29 is 14.7 Å². The topological polar surface area (TPSA) is 91.3 Å². The standard InChI is InChI=1S/C11H15N3O3S/c1-6-9(11(16)17)18-8(14-6)5-13-10(15)7-3-2-4-12-7/h7,12H,2-5H2,1H3,(H,13,15)(H,16,17)/t7-/m1/s1. The molecule has 0 saturated carbocycles. The molecule has 1 saturated heterocycles. The Morgan fingerprint density at radius 1 is 1.61 bits per heavy atom. The second kappa shape index (κ2) is 5.45. The van der Waals surface area contributed by atoms with E-state index in [1.54, 1.807) is 6.92 Å². The smallest absolute Gasteiger partial charge is 0.347 e. The Morgan fingerprint density at radius 3 is 2.94 bits per heavy atom. The predicted octanol–water partition coefficient (Wildman–Crippen LogP) is 0.518. The fraction of sp³-hybridized carbons (Fsp3) is 0.545. The number of carboxylic acids is 1. The van der Waals surface area contributed by atoms with Crippen LogP contribution in [-0.2, 0) is 11.3 Å². The number of hydrogen-bond acceptors (Lipinski definition) is 5. The largest absolute Gasteiger partial charge is 0.477 e. The third kappa shape index (κ3) is 2.85. The summed E-state index contributed by atoms with van der Waals surface area (Å²) in [5.41, 5.74) is 0.496. The lowest BCUT2D eigenvalue weighted by atomic mass is 10.2. The van der Waals surface area contributed by atoms with Crippen LogP contribution in [-0.4, -0.2) is 34.6 Å². The van der Waals surface area contributed by atoms with E-state index >= 15 is 0 Å². The van der Waals surface area contributed by atoms with Crippen molar-refractivity contribution in [2.45, 2.75) is 32.4 Å². The summed E-state index contributed by atoms with van der Waals surface area (Å²) in [5, 5.41) is 15.4. The zero-order valence-electron chi connectivity index (χ0n) is 10.0. The molecule has 0 bridgehead atoms. The molecule has 1 amide bonds. The number of nitrogens with zero attached hydrogens (tertiary/aromatic N) is 1. The van der Waals surface area contributed by atoms with Gasteiger partial charge in [-0.2, -0.15) is 0 Å². The van der Waals surface area contributed by atoms with Gasteiger partial charge in [0, 0.05) is 0 Å². The number of thiazole rings is 1. The van der Waals surface area contributed by atoms with Crippen molar-refractivity contribution in [2.24, 2.45) is 0 Å². The Kier molecular flexibility index (Phi) is 3.93. The Labute approximate surface area is 108 Å². The van der Waals surface area contributed by atoms with E-state index in [0.29, 0.717) is 10.7 Å². The zero-order valence-corrected chi connectivity index (χ0v) is 10.8. The highest BCUT2D eigenvalue weighted by molar-refractivity contribution is 7.13. The molecule has 98 valence electrons. The summed E-state index contributed by atoms with van der Waals surface area (Å²) in [6.45, 7) is 2.82. The van der Waals surface area contributed by atoms with Gasteiger partial charge in [-0.1, -0.05) is 0 Å². The van der Waals surface area contributed by atoms with E-state index in [1.807, 2.05) is 0 Å². The first kappa shape index (κ1) is 13.0. The minimum Gasteiger partial charge on any atom is -0.477 e. The number of rotatable bonds is 4. The summed E-state index contributed by atoms with van der Waals surface area (Å²) in [5.74, 6) is -1.02. The number of amides is 1. The van der Waals surface area contributed by atoms with Gasteiger partial charge in [-0.15, -0.1) is 11.3 Å². The van der Waals surface area contributed by atoms with E-state index < -0.39 is 5.97 Å². The lowest BCUT2D eigenvalue weighted by molar-refractivity contribution is -0.122. The number of carboxylic acid groups (broad SMARTS) is 1. The number of aromatic carboxylic acids is 1. The van der Waals surface area contributed by atoms with Gasteiger partial charge in [0.2, 0.25) is 5.91 Å². The Balaban J connectivity index is 1.91. The van der Waals surface area contributed by atoms with Gasteiger partial charge in [0.15, 0.2) is 0 Å². The van der Waals surface area contributed by atoms with Gasteiger partial charge in [-0.3, -0.25) is 4.79 Å². The van der Waals surface area contributed by atoms with Gasteiger partial charge in [-0.25, -0.2) is 9.78 Å². The maximum Gasteiger partial charge on any atom is 0.347 e. The van der Waals surface area contributed by atoms with Crippen LogP contribution in [0.3, 0.4) is 0 Å². The van der Waals surface area contributed by atoms with Crippen molar-refractivity contribution >= 4 is 23.2 Å². The fourth-order valence-corrected chi connectivity index (χ4v) is 2.76. The minimum atomic E-state index is -0.972. The van der Waals surface area contributed by atoms with E-state index in [0.717, 1.165) is 30.7 Å². The zero-order chi connectivity index (χ0) is 13.1. The van der Waals surface area contributed by atoms with Gasteiger partial charge in [0.05, 0.1) is 18.3 Å². The normalized spacial score (nSPS) is 18.8. The molecule has 2 heterocycles. The van der Waals surface area contributed by atoms with E-state index in [-0.39, 0.29) is 23.4 Å². The van der Waals surface area contributed by atoms with Crippen molar-refractivity contribution in [2.75, 3.05) is 6.54 Å². The third-order valence-corrected chi connectivity index (χ3v) is 3.97. The second-order valence-electron chi connectivity index (χ2n) is 4.19. The van der Waals surface area contributed by atoms with Crippen molar-refractivity contribution in [1.29, 1.82) is 0 Å². The summed E-state index contributed by atoms with van der Waals surface area (Å²) in [6.07, 6.45) is 1.86. The van der Waals surface area contributed by atoms with E-state index in [4.69, 9.17) is 5.11 Å². The first-order chi connectivity index (χ1) is 8.58. The molecule has 0 aromatic carbocycles. The van der Waals surface area contributed by atoms with Crippen LogP contribution in [0.25, 0.3) is 0 Å². The monoisotopic (exact) mass is 269 g/mol. The lowest BCUT2D eigenvalue weighted by Crippen LogP contribution is -2.39. The van der Waals surface area contributed by atoms with Crippen LogP contribution in [0, 0.1) is 6.92 Å². The molecule has 18 heavy (non-hydrogen) atoms. The Hall–Kier alpha value is -1.47. The lowest BCUT2D eigenvalue weighted by Gasteiger charge is -2.09. The van der Waals surface area contributed by atoms with Gasteiger partial charge in [0.1, 0.15) is 9.88 Å². The number of aryl methyl sites for hydroxylation is 1. The second-order valence-corrected chi connectivity index (χ2v) is 5.28. The van der Waals surface area contributed by atoms with E-state index in [1.165, 1.54) is 0 Å². The molecule has 1 fully saturated rings. The maximum absolute atomic E-state index is 11.7. The molecule has 1 atom stereocenters. The summed E-state index contributed by atoms with van der Waals surface area (Å²) in [4.78, 5) is 27.0. The number of hydrogen-bond donors (Lipinski definition) is 3. The molecule has 1 aromatic rings. The molecule has 7 heteroatoms. The number of carbonyl (C=O) groups is 2. The van der Waals surface area contributed by atoms with Crippen LogP contribution in [0.15, 0.2) is 0 Å². The van der Waals surface area contributed by atoms with E-state index in [9.17, 15) is 9.59 Å². The number of carbonyl (C=O) groups excluding carboxylic acids is 1. The highest BCUT2D eigenvalue weighted by Crippen LogP contribution is 2.17. The van der Waals surface area contributed by atoms with Gasteiger partial charge >= 0.3 is 5.97 Å².